The highest BCUT2D eigenvalue weighted by Crippen LogP contribution is 2.27. The average Bonchev–Trinajstić information content (AvgIpc) is 2.82. The average molecular weight is 317 g/mol. The van der Waals surface area contributed by atoms with Crippen molar-refractivity contribution in [2.45, 2.75) is 26.3 Å². The first kappa shape index (κ1) is 15.3. The summed E-state index contributed by atoms with van der Waals surface area (Å²) < 4.78 is 1.68. The van der Waals surface area contributed by atoms with Crippen molar-refractivity contribution in [2.24, 2.45) is 5.92 Å². The first-order chi connectivity index (χ1) is 11.0. The first-order valence-electron chi connectivity index (χ1n) is 7.62. The summed E-state index contributed by atoms with van der Waals surface area (Å²) in [4.78, 5) is 28.6. The van der Waals surface area contributed by atoms with Crippen molar-refractivity contribution >= 4 is 28.7 Å². The summed E-state index contributed by atoms with van der Waals surface area (Å²) in [5.41, 5.74) is 2.57. The minimum absolute atomic E-state index is 0.105. The molecule has 1 aromatic carbocycles. The van der Waals surface area contributed by atoms with Crippen LogP contribution in [0.2, 0.25) is 0 Å². The topological polar surface area (TPSA) is 95.7 Å². The molecule has 3 rings (SSSR count). The van der Waals surface area contributed by atoms with Crippen molar-refractivity contribution in [3.05, 3.63) is 24.0 Å². The van der Waals surface area contributed by atoms with Crippen LogP contribution in [0.5, 0.6) is 0 Å². The highest BCUT2D eigenvalue weighted by molar-refractivity contribution is 5.82. The second kappa shape index (κ2) is 5.91. The molecule has 2 heterocycles. The van der Waals surface area contributed by atoms with Gasteiger partial charge in [0.15, 0.2) is 0 Å². The van der Waals surface area contributed by atoms with Gasteiger partial charge < -0.3 is 19.7 Å². The van der Waals surface area contributed by atoms with E-state index in [4.69, 9.17) is 10.2 Å². The van der Waals surface area contributed by atoms with Gasteiger partial charge in [0.2, 0.25) is 0 Å². The van der Waals surface area contributed by atoms with E-state index in [9.17, 15) is 9.59 Å². The molecule has 0 aliphatic carbocycles. The Balaban J connectivity index is 1.84. The summed E-state index contributed by atoms with van der Waals surface area (Å²) in [7, 11) is 0. The Morgan fingerprint density at radius 3 is 2.57 bits per heavy atom. The lowest BCUT2D eigenvalue weighted by Crippen LogP contribution is -2.36. The minimum atomic E-state index is -0.896. The number of nitrogens with zero attached hydrogens (tertiary/aromatic N) is 3. The van der Waals surface area contributed by atoms with E-state index >= 15 is 0 Å². The Kier molecular flexibility index (Phi) is 3.94. The Bertz CT molecular complexity index is 760. The Morgan fingerprint density at radius 1 is 1.26 bits per heavy atom. The number of rotatable bonds is 4. The normalized spacial score (nSPS) is 16.0. The van der Waals surface area contributed by atoms with Crippen molar-refractivity contribution < 1.29 is 19.8 Å². The fourth-order valence-corrected chi connectivity index (χ4v) is 3.15. The van der Waals surface area contributed by atoms with Gasteiger partial charge >= 0.3 is 11.9 Å². The van der Waals surface area contributed by atoms with Gasteiger partial charge in [-0.05, 0) is 38.0 Å². The van der Waals surface area contributed by atoms with Crippen LogP contribution in [0.15, 0.2) is 18.2 Å². The Labute approximate surface area is 133 Å². The van der Waals surface area contributed by atoms with Gasteiger partial charge in [-0.25, -0.2) is 4.98 Å². The van der Waals surface area contributed by atoms with Crippen molar-refractivity contribution in [2.75, 3.05) is 18.0 Å². The van der Waals surface area contributed by atoms with Crippen molar-refractivity contribution in [3.8, 4) is 0 Å². The molecule has 0 bridgehead atoms. The first-order valence-corrected chi connectivity index (χ1v) is 7.62. The lowest BCUT2D eigenvalue weighted by molar-refractivity contribution is -0.142. The molecule has 2 aromatic rings. The molecule has 1 aliphatic heterocycles. The van der Waals surface area contributed by atoms with E-state index in [0.717, 1.165) is 16.7 Å². The number of aliphatic carboxylic acids is 2. The van der Waals surface area contributed by atoms with Crippen LogP contribution >= 0.6 is 0 Å². The highest BCUT2D eigenvalue weighted by atomic mass is 16.4. The van der Waals surface area contributed by atoms with Crippen LogP contribution in [0.1, 0.15) is 18.7 Å². The Hall–Kier alpha value is -2.57. The van der Waals surface area contributed by atoms with E-state index < -0.39 is 11.9 Å². The molecule has 1 aliphatic rings. The van der Waals surface area contributed by atoms with Crippen LogP contribution in [0.25, 0.3) is 11.0 Å². The van der Waals surface area contributed by atoms with E-state index in [1.807, 2.05) is 18.2 Å². The summed E-state index contributed by atoms with van der Waals surface area (Å²) >= 11 is 0. The number of hydrogen-bond acceptors (Lipinski definition) is 4. The molecular formula is C16H19N3O4. The SMILES string of the molecule is Cc1nc2cc(N3CCC(C(=O)O)CC3)ccc2n1CC(=O)O. The number of fused-ring (bicyclic) bond motifs is 1. The second-order valence-electron chi connectivity index (χ2n) is 5.91. The zero-order chi connectivity index (χ0) is 16.6. The molecule has 0 radical (unpaired) electrons. The maximum atomic E-state index is 11.0. The smallest absolute Gasteiger partial charge is 0.323 e. The molecule has 0 spiro atoms. The minimum Gasteiger partial charge on any atom is -0.481 e. The molecule has 2 N–H and O–H groups in total. The van der Waals surface area contributed by atoms with Crippen molar-refractivity contribution in [3.63, 3.8) is 0 Å². The number of piperidine rings is 1. The van der Waals surface area contributed by atoms with E-state index in [2.05, 4.69) is 9.88 Å². The van der Waals surface area contributed by atoms with Crippen LogP contribution < -0.4 is 4.90 Å². The van der Waals surface area contributed by atoms with E-state index in [-0.39, 0.29) is 12.5 Å². The standard InChI is InChI=1S/C16H19N3O4/c1-10-17-13-8-12(2-3-14(13)19(10)9-15(20)21)18-6-4-11(5-7-18)16(22)23/h2-3,8,11H,4-7,9H2,1H3,(H,20,21)(H,22,23). The number of aromatic nitrogens is 2. The third kappa shape index (κ3) is 2.99. The molecule has 7 nitrogen and oxygen atoms in total. The van der Waals surface area contributed by atoms with Crippen LogP contribution in [0.3, 0.4) is 0 Å². The van der Waals surface area contributed by atoms with Gasteiger partial charge in [-0.3, -0.25) is 9.59 Å². The van der Waals surface area contributed by atoms with Crippen LogP contribution in [-0.4, -0.2) is 44.8 Å². The van der Waals surface area contributed by atoms with E-state index in [1.54, 1.807) is 11.5 Å². The van der Waals surface area contributed by atoms with Crippen LogP contribution in [0.4, 0.5) is 5.69 Å². The molecule has 23 heavy (non-hydrogen) atoms. The van der Waals surface area contributed by atoms with Gasteiger partial charge in [-0.1, -0.05) is 0 Å². The molecule has 1 fully saturated rings. The van der Waals surface area contributed by atoms with Crippen molar-refractivity contribution in [1.82, 2.24) is 9.55 Å². The molecule has 0 amide bonds. The number of imidazole rings is 1. The van der Waals surface area contributed by atoms with Crippen LogP contribution in [-0.2, 0) is 16.1 Å². The molecule has 1 saturated heterocycles. The summed E-state index contributed by atoms with van der Waals surface area (Å²) in [6.45, 7) is 3.10. The van der Waals surface area contributed by atoms with Crippen LogP contribution in [0, 0.1) is 12.8 Å². The van der Waals surface area contributed by atoms with E-state index in [0.29, 0.717) is 31.8 Å². The fraction of sp³-hybridized carbons (Fsp3) is 0.438. The van der Waals surface area contributed by atoms with Crippen molar-refractivity contribution in [1.29, 1.82) is 0 Å². The molecule has 0 unspecified atom stereocenters. The zero-order valence-electron chi connectivity index (χ0n) is 12.9. The van der Waals surface area contributed by atoms with E-state index in [1.165, 1.54) is 0 Å². The lowest BCUT2D eigenvalue weighted by atomic mass is 9.97. The van der Waals surface area contributed by atoms with Gasteiger partial charge in [-0.2, -0.15) is 0 Å². The summed E-state index contributed by atoms with van der Waals surface area (Å²) in [5.74, 6) is -1.20. The molecule has 1 aromatic heterocycles. The lowest BCUT2D eigenvalue weighted by Gasteiger charge is -2.31. The molecule has 0 atom stereocenters. The number of anilines is 1. The molecule has 7 heteroatoms. The molecule has 122 valence electrons. The zero-order valence-corrected chi connectivity index (χ0v) is 12.9. The molecule has 0 saturated carbocycles. The molecular weight excluding hydrogens is 298 g/mol. The van der Waals surface area contributed by atoms with Gasteiger partial charge in [0, 0.05) is 18.8 Å². The van der Waals surface area contributed by atoms with Gasteiger partial charge in [0.05, 0.1) is 17.0 Å². The summed E-state index contributed by atoms with van der Waals surface area (Å²) in [6, 6.07) is 5.78. The summed E-state index contributed by atoms with van der Waals surface area (Å²) in [5, 5.41) is 18.1. The number of benzene rings is 1. The monoisotopic (exact) mass is 317 g/mol. The predicted molar refractivity (Wildman–Crippen MR) is 84.7 cm³/mol. The number of hydrogen-bond donors (Lipinski definition) is 2. The number of carboxylic acid groups (broad SMARTS) is 2. The number of carbonyl (C=O) groups is 2. The summed E-state index contributed by atoms with van der Waals surface area (Å²) in [6.07, 6.45) is 1.28. The largest absolute Gasteiger partial charge is 0.481 e. The third-order valence-electron chi connectivity index (χ3n) is 4.43. The Morgan fingerprint density at radius 2 is 1.96 bits per heavy atom. The quantitative estimate of drug-likeness (QED) is 0.891. The second-order valence-corrected chi connectivity index (χ2v) is 5.91. The predicted octanol–water partition coefficient (Wildman–Crippen LogP) is 1.73. The van der Waals surface area contributed by atoms with Gasteiger partial charge in [0.25, 0.3) is 0 Å². The maximum Gasteiger partial charge on any atom is 0.323 e. The van der Waals surface area contributed by atoms with Gasteiger partial charge in [0.1, 0.15) is 12.4 Å². The third-order valence-corrected chi connectivity index (χ3v) is 4.43. The van der Waals surface area contributed by atoms with Gasteiger partial charge in [-0.15, -0.1) is 0 Å². The maximum absolute atomic E-state index is 11.0. The highest BCUT2D eigenvalue weighted by Gasteiger charge is 2.25. The number of carboxylic acids is 2. The number of aryl methyl sites for hydroxylation is 1. The fourth-order valence-electron chi connectivity index (χ4n) is 3.15.